The average Bonchev–Trinajstić information content (AvgIpc) is 2.47. The van der Waals surface area contributed by atoms with Crippen molar-refractivity contribution in [2.75, 3.05) is 32.8 Å². The van der Waals surface area contributed by atoms with Crippen molar-refractivity contribution in [2.24, 2.45) is 5.92 Å². The van der Waals surface area contributed by atoms with Gasteiger partial charge < -0.3 is 20.3 Å². The Hall–Kier alpha value is -1.30. The molecule has 0 aromatic heterocycles. The molecular weight excluding hydrogens is 258 g/mol. The highest BCUT2D eigenvalue weighted by Crippen LogP contribution is 2.12. The van der Waals surface area contributed by atoms with Gasteiger partial charge in [0.25, 0.3) is 0 Å². The maximum atomic E-state index is 11.8. The summed E-state index contributed by atoms with van der Waals surface area (Å²) < 4.78 is 5.39. The Bertz CT molecular complexity index is 335. The summed E-state index contributed by atoms with van der Waals surface area (Å²) in [6.07, 6.45) is 3.87. The third-order valence-corrected chi connectivity index (χ3v) is 4.08. The van der Waals surface area contributed by atoms with Gasteiger partial charge in [-0.1, -0.05) is 0 Å². The predicted molar refractivity (Wildman–Crippen MR) is 75.4 cm³/mol. The summed E-state index contributed by atoms with van der Waals surface area (Å²) in [5, 5.41) is 5.91. The van der Waals surface area contributed by atoms with Crippen LogP contribution in [0.25, 0.3) is 0 Å². The number of urea groups is 1. The summed E-state index contributed by atoms with van der Waals surface area (Å²) in [5.41, 5.74) is 0. The van der Waals surface area contributed by atoms with Crippen LogP contribution in [-0.4, -0.2) is 55.7 Å². The van der Waals surface area contributed by atoms with Crippen LogP contribution in [-0.2, 0) is 9.53 Å². The second-order valence-electron chi connectivity index (χ2n) is 5.72. The minimum atomic E-state index is -0.100. The van der Waals surface area contributed by atoms with Gasteiger partial charge in [-0.2, -0.15) is 0 Å². The van der Waals surface area contributed by atoms with Gasteiger partial charge in [0.15, 0.2) is 0 Å². The molecule has 2 N–H and O–H groups in total. The summed E-state index contributed by atoms with van der Waals surface area (Å²) in [6.45, 7) is 5.33. The fourth-order valence-corrected chi connectivity index (χ4v) is 2.78. The van der Waals surface area contributed by atoms with Gasteiger partial charge in [0.1, 0.15) is 0 Å². The number of nitrogens with zero attached hydrogens (tertiary/aromatic N) is 1. The van der Waals surface area contributed by atoms with Crippen LogP contribution in [0.4, 0.5) is 4.79 Å². The first kappa shape index (κ1) is 15.1. The van der Waals surface area contributed by atoms with Crippen LogP contribution in [0.15, 0.2) is 0 Å². The molecular formula is C14H25N3O3. The molecule has 20 heavy (non-hydrogen) atoms. The Morgan fingerprint density at radius 1 is 1.25 bits per heavy atom. The number of carbonyl (C=O) groups is 2. The smallest absolute Gasteiger partial charge is 0.315 e. The van der Waals surface area contributed by atoms with Gasteiger partial charge in [0, 0.05) is 39.2 Å². The number of piperidine rings is 1. The van der Waals surface area contributed by atoms with E-state index >= 15 is 0 Å². The second-order valence-corrected chi connectivity index (χ2v) is 5.72. The molecule has 6 nitrogen and oxygen atoms in total. The average molecular weight is 283 g/mol. The highest BCUT2D eigenvalue weighted by Gasteiger charge is 2.22. The number of rotatable bonds is 3. The zero-order chi connectivity index (χ0) is 14.4. The van der Waals surface area contributed by atoms with Crippen LogP contribution in [0.1, 0.15) is 32.6 Å². The van der Waals surface area contributed by atoms with E-state index in [2.05, 4.69) is 10.6 Å². The van der Waals surface area contributed by atoms with Gasteiger partial charge in [-0.25, -0.2) is 4.79 Å². The molecule has 0 aromatic rings. The van der Waals surface area contributed by atoms with Crippen LogP contribution >= 0.6 is 0 Å². The van der Waals surface area contributed by atoms with Crippen LogP contribution in [0.3, 0.4) is 0 Å². The number of ether oxygens (including phenoxy) is 1. The first-order valence-corrected chi connectivity index (χ1v) is 7.53. The Labute approximate surface area is 120 Å². The number of nitrogens with one attached hydrogen (secondary N) is 2. The summed E-state index contributed by atoms with van der Waals surface area (Å²) in [7, 11) is 0. The lowest BCUT2D eigenvalue weighted by molar-refractivity contribution is -0.129. The molecule has 2 saturated heterocycles. The molecule has 1 atom stereocenters. The van der Waals surface area contributed by atoms with E-state index < -0.39 is 0 Å². The number of amides is 3. The van der Waals surface area contributed by atoms with Crippen molar-refractivity contribution >= 4 is 11.9 Å². The largest absolute Gasteiger partial charge is 0.381 e. The molecule has 0 aliphatic carbocycles. The van der Waals surface area contributed by atoms with E-state index in [4.69, 9.17) is 4.74 Å². The van der Waals surface area contributed by atoms with Crippen LogP contribution in [0, 0.1) is 5.92 Å². The molecule has 0 unspecified atom stereocenters. The standard InChI is InChI=1S/C14H25N3O3/c1-11(18)17-6-4-13(5-7-17)16-14(19)15-9-12-3-2-8-20-10-12/h12-13H,2-10H2,1H3,(H2,15,16,19)/t12-/m0/s1. The summed E-state index contributed by atoms with van der Waals surface area (Å²) in [5.74, 6) is 0.555. The molecule has 2 fully saturated rings. The van der Waals surface area contributed by atoms with Crippen molar-refractivity contribution in [3.63, 3.8) is 0 Å². The maximum absolute atomic E-state index is 11.8. The lowest BCUT2D eigenvalue weighted by atomic mass is 10.0. The van der Waals surface area contributed by atoms with E-state index in [0.717, 1.165) is 52.0 Å². The van der Waals surface area contributed by atoms with E-state index in [1.54, 1.807) is 6.92 Å². The SMILES string of the molecule is CC(=O)N1CCC(NC(=O)NC[C@@H]2CCCOC2)CC1. The van der Waals surface area contributed by atoms with Crippen LogP contribution in [0.2, 0.25) is 0 Å². The fraction of sp³-hybridized carbons (Fsp3) is 0.857. The second kappa shape index (κ2) is 7.47. The van der Waals surface area contributed by atoms with Gasteiger partial charge in [0.05, 0.1) is 6.61 Å². The van der Waals surface area contributed by atoms with Crippen molar-refractivity contribution < 1.29 is 14.3 Å². The molecule has 114 valence electrons. The summed E-state index contributed by atoms with van der Waals surface area (Å²) >= 11 is 0. The van der Waals surface area contributed by atoms with Gasteiger partial charge in [0.2, 0.25) is 5.91 Å². The minimum Gasteiger partial charge on any atom is -0.381 e. The lowest BCUT2D eigenvalue weighted by Crippen LogP contribution is -2.49. The van der Waals surface area contributed by atoms with Gasteiger partial charge in [-0.15, -0.1) is 0 Å². The van der Waals surface area contributed by atoms with Crippen molar-refractivity contribution in [3.05, 3.63) is 0 Å². The van der Waals surface area contributed by atoms with Gasteiger partial charge in [-0.3, -0.25) is 4.79 Å². The van der Waals surface area contributed by atoms with Crippen LogP contribution < -0.4 is 10.6 Å². The van der Waals surface area contributed by atoms with Gasteiger partial charge >= 0.3 is 6.03 Å². The molecule has 2 aliphatic rings. The monoisotopic (exact) mass is 283 g/mol. The van der Waals surface area contributed by atoms with E-state index in [9.17, 15) is 9.59 Å². The highest BCUT2D eigenvalue weighted by atomic mass is 16.5. The Morgan fingerprint density at radius 3 is 2.60 bits per heavy atom. The first-order chi connectivity index (χ1) is 9.65. The zero-order valence-corrected chi connectivity index (χ0v) is 12.2. The van der Waals surface area contributed by atoms with Crippen molar-refractivity contribution in [1.29, 1.82) is 0 Å². The predicted octanol–water partition coefficient (Wildman–Crippen LogP) is 0.723. The Balaban J connectivity index is 1.61. The Morgan fingerprint density at radius 2 is 2.00 bits per heavy atom. The van der Waals surface area contributed by atoms with Crippen molar-refractivity contribution in [2.45, 2.75) is 38.6 Å². The van der Waals surface area contributed by atoms with Crippen molar-refractivity contribution in [3.8, 4) is 0 Å². The number of likely N-dealkylation sites (tertiary alicyclic amines) is 1. The number of carbonyl (C=O) groups excluding carboxylic acids is 2. The maximum Gasteiger partial charge on any atom is 0.315 e. The lowest BCUT2D eigenvalue weighted by Gasteiger charge is -2.31. The third-order valence-electron chi connectivity index (χ3n) is 4.08. The van der Waals surface area contributed by atoms with E-state index in [1.807, 2.05) is 4.90 Å². The number of hydrogen-bond acceptors (Lipinski definition) is 3. The van der Waals surface area contributed by atoms with Gasteiger partial charge in [-0.05, 0) is 31.6 Å². The zero-order valence-electron chi connectivity index (χ0n) is 12.2. The highest BCUT2D eigenvalue weighted by molar-refractivity contribution is 5.74. The third kappa shape index (κ3) is 4.67. The molecule has 0 saturated carbocycles. The van der Waals surface area contributed by atoms with Crippen molar-refractivity contribution in [1.82, 2.24) is 15.5 Å². The molecule has 3 amide bonds. The fourth-order valence-electron chi connectivity index (χ4n) is 2.78. The summed E-state index contributed by atoms with van der Waals surface area (Å²) in [6, 6.07) is 0.0741. The first-order valence-electron chi connectivity index (χ1n) is 7.53. The molecule has 6 heteroatoms. The van der Waals surface area contributed by atoms with E-state index in [1.165, 1.54) is 0 Å². The van der Waals surface area contributed by atoms with Crippen LogP contribution in [0.5, 0.6) is 0 Å². The normalized spacial score (nSPS) is 24.2. The minimum absolute atomic E-state index is 0.100. The molecule has 0 bridgehead atoms. The quantitative estimate of drug-likeness (QED) is 0.802. The molecule has 0 radical (unpaired) electrons. The Kier molecular flexibility index (Phi) is 5.64. The summed E-state index contributed by atoms with van der Waals surface area (Å²) in [4.78, 5) is 24.9. The molecule has 0 spiro atoms. The molecule has 0 aromatic carbocycles. The molecule has 2 heterocycles. The number of hydrogen-bond donors (Lipinski definition) is 2. The molecule has 2 aliphatic heterocycles. The topological polar surface area (TPSA) is 70.7 Å². The van der Waals surface area contributed by atoms with E-state index in [0.29, 0.717) is 12.5 Å². The van der Waals surface area contributed by atoms with E-state index in [-0.39, 0.29) is 18.0 Å². The molecule has 2 rings (SSSR count).